The maximum atomic E-state index is 12.7. The van der Waals surface area contributed by atoms with Crippen molar-refractivity contribution in [2.24, 2.45) is 75.4 Å². The number of ether oxygens (including phenoxy) is 2. The standard InChI is InChI=1S/C36H54O6/c1-19(5-10-31(39)41-18-32(40)42-35(4)28-15-21-13-22-16-29(35)36(21,22)28)25-8-9-26-24-7-6-20-14-23(37)11-12-33(20,2)27(24)17-30(38)34(25,26)3/h19-30,37-38H,5-18H2,1-4H3. The molecule has 234 valence electrons. The highest BCUT2D eigenvalue weighted by molar-refractivity contribution is 5.77. The molecule has 0 heterocycles. The molecule has 8 aliphatic rings. The predicted octanol–water partition coefficient (Wildman–Crippen LogP) is 5.91. The summed E-state index contributed by atoms with van der Waals surface area (Å²) in [5, 5.41) is 22.1. The molecule has 0 saturated heterocycles. The first kappa shape index (κ1) is 28.3. The zero-order valence-corrected chi connectivity index (χ0v) is 26.4. The van der Waals surface area contributed by atoms with Gasteiger partial charge in [-0.25, -0.2) is 4.79 Å². The predicted molar refractivity (Wildman–Crippen MR) is 157 cm³/mol. The van der Waals surface area contributed by atoms with E-state index in [9.17, 15) is 19.8 Å². The summed E-state index contributed by atoms with van der Waals surface area (Å²) in [4.78, 5) is 25.4. The third-order valence-corrected chi connectivity index (χ3v) is 16.6. The number of rotatable bonds is 7. The summed E-state index contributed by atoms with van der Waals surface area (Å²) in [6, 6.07) is 0. The molecule has 6 heteroatoms. The third-order valence-electron chi connectivity index (χ3n) is 16.6. The lowest BCUT2D eigenvalue weighted by Crippen LogP contribution is -2.90. The summed E-state index contributed by atoms with van der Waals surface area (Å²) in [5.74, 6) is 5.18. The number of hydrogen-bond acceptors (Lipinski definition) is 6. The fraction of sp³-hybridized carbons (Fsp3) is 0.944. The zero-order valence-electron chi connectivity index (χ0n) is 26.4. The van der Waals surface area contributed by atoms with E-state index in [0.29, 0.717) is 59.2 Å². The Morgan fingerprint density at radius 1 is 0.833 bits per heavy atom. The number of carbonyl (C=O) groups excluding carboxylic acids is 2. The van der Waals surface area contributed by atoms with Gasteiger partial charge < -0.3 is 19.7 Å². The summed E-state index contributed by atoms with van der Waals surface area (Å²) < 4.78 is 11.4. The monoisotopic (exact) mass is 582 g/mol. The quantitative estimate of drug-likeness (QED) is 0.363. The minimum Gasteiger partial charge on any atom is -0.456 e. The summed E-state index contributed by atoms with van der Waals surface area (Å²) in [6.45, 7) is 8.91. The molecule has 0 aromatic carbocycles. The van der Waals surface area contributed by atoms with E-state index in [1.54, 1.807) is 0 Å². The molecule has 0 aromatic heterocycles. The topological polar surface area (TPSA) is 93.1 Å². The second kappa shape index (κ2) is 9.21. The lowest BCUT2D eigenvalue weighted by atomic mass is 9.15. The Hall–Kier alpha value is -1.14. The second-order valence-corrected chi connectivity index (χ2v) is 17.4. The number of esters is 2. The first-order valence-corrected chi connectivity index (χ1v) is 17.7. The minimum absolute atomic E-state index is 0.108. The number of fused-ring (bicyclic) bond motifs is 5. The normalized spacial score (nSPS) is 56.8. The highest BCUT2D eigenvalue weighted by Gasteiger charge is 2.89. The number of aliphatic hydroxyl groups is 2. The first-order chi connectivity index (χ1) is 19.9. The molecule has 6 nitrogen and oxygen atoms in total. The van der Waals surface area contributed by atoms with Crippen LogP contribution in [0.4, 0.5) is 0 Å². The Kier molecular flexibility index (Phi) is 6.21. The van der Waals surface area contributed by atoms with Gasteiger partial charge in [0.1, 0.15) is 5.60 Å². The molecule has 0 aliphatic heterocycles. The maximum absolute atomic E-state index is 12.7. The van der Waals surface area contributed by atoms with Crippen LogP contribution in [0, 0.1) is 75.4 Å². The van der Waals surface area contributed by atoms with Crippen molar-refractivity contribution in [3.05, 3.63) is 0 Å². The highest BCUT2D eigenvalue weighted by atomic mass is 16.6. The number of aliphatic hydroxyl groups excluding tert-OH is 2. The molecular formula is C36H54O6. The van der Waals surface area contributed by atoms with Crippen LogP contribution in [-0.4, -0.2) is 46.6 Å². The van der Waals surface area contributed by atoms with Gasteiger partial charge in [0.05, 0.1) is 12.2 Å². The van der Waals surface area contributed by atoms with Crippen LogP contribution in [0.15, 0.2) is 0 Å². The molecule has 0 amide bonds. The van der Waals surface area contributed by atoms with Crippen LogP contribution >= 0.6 is 0 Å². The lowest BCUT2D eigenvalue weighted by Gasteiger charge is -2.90. The molecular weight excluding hydrogens is 528 g/mol. The molecule has 2 N–H and O–H groups in total. The number of hydrogen-bond donors (Lipinski definition) is 2. The van der Waals surface area contributed by atoms with E-state index in [2.05, 4.69) is 27.7 Å². The van der Waals surface area contributed by atoms with E-state index in [-0.39, 0.29) is 47.2 Å². The van der Waals surface area contributed by atoms with Crippen LogP contribution in [-0.2, 0) is 19.1 Å². The lowest BCUT2D eigenvalue weighted by molar-refractivity contribution is -0.455. The minimum atomic E-state index is -0.387. The molecule has 0 radical (unpaired) electrons. The molecule has 8 rings (SSSR count). The summed E-state index contributed by atoms with van der Waals surface area (Å²) in [7, 11) is 0. The van der Waals surface area contributed by atoms with Gasteiger partial charge in [0.2, 0.25) is 0 Å². The molecule has 14 unspecified atom stereocenters. The van der Waals surface area contributed by atoms with Crippen molar-refractivity contribution in [2.75, 3.05) is 6.61 Å². The van der Waals surface area contributed by atoms with Crippen LogP contribution in [0.1, 0.15) is 111 Å². The Labute approximate surface area is 252 Å². The zero-order chi connectivity index (χ0) is 29.4. The van der Waals surface area contributed by atoms with E-state index in [1.165, 1.54) is 38.5 Å². The Morgan fingerprint density at radius 2 is 1.57 bits per heavy atom. The van der Waals surface area contributed by atoms with Crippen molar-refractivity contribution >= 4 is 11.9 Å². The van der Waals surface area contributed by atoms with Crippen molar-refractivity contribution in [3.8, 4) is 0 Å². The van der Waals surface area contributed by atoms with Gasteiger partial charge in [-0.1, -0.05) is 20.8 Å². The van der Waals surface area contributed by atoms with Crippen molar-refractivity contribution in [1.29, 1.82) is 0 Å². The van der Waals surface area contributed by atoms with Crippen LogP contribution in [0.2, 0.25) is 0 Å². The maximum Gasteiger partial charge on any atom is 0.344 e. The van der Waals surface area contributed by atoms with Crippen LogP contribution in [0.25, 0.3) is 0 Å². The van der Waals surface area contributed by atoms with Crippen molar-refractivity contribution in [3.63, 3.8) is 0 Å². The van der Waals surface area contributed by atoms with Gasteiger partial charge in [0.25, 0.3) is 0 Å². The smallest absolute Gasteiger partial charge is 0.344 e. The third kappa shape index (κ3) is 3.41. The van der Waals surface area contributed by atoms with Crippen LogP contribution < -0.4 is 0 Å². The fourth-order valence-corrected chi connectivity index (χ4v) is 14.5. The van der Waals surface area contributed by atoms with Crippen molar-refractivity contribution in [1.82, 2.24) is 0 Å². The van der Waals surface area contributed by atoms with Gasteiger partial charge in [0.15, 0.2) is 6.61 Å². The van der Waals surface area contributed by atoms with Crippen LogP contribution in [0.3, 0.4) is 0 Å². The molecule has 14 atom stereocenters. The molecule has 0 aromatic rings. The van der Waals surface area contributed by atoms with E-state index in [0.717, 1.165) is 50.4 Å². The second-order valence-electron chi connectivity index (χ2n) is 17.4. The summed E-state index contributed by atoms with van der Waals surface area (Å²) in [5.41, 5.74) is 0.326. The molecule has 0 bridgehead atoms. The first-order valence-electron chi connectivity index (χ1n) is 17.7. The fourth-order valence-electron chi connectivity index (χ4n) is 14.5. The average Bonchev–Trinajstić information content (AvgIpc) is 3.28. The molecule has 42 heavy (non-hydrogen) atoms. The Balaban J connectivity index is 0.840. The number of carbonyl (C=O) groups is 2. The van der Waals surface area contributed by atoms with Crippen molar-refractivity contribution in [2.45, 2.75) is 129 Å². The summed E-state index contributed by atoms with van der Waals surface area (Å²) >= 11 is 0. The van der Waals surface area contributed by atoms with E-state index in [1.807, 2.05) is 0 Å². The molecule has 8 fully saturated rings. The largest absolute Gasteiger partial charge is 0.456 e. The molecule has 8 saturated carbocycles. The van der Waals surface area contributed by atoms with E-state index >= 15 is 0 Å². The van der Waals surface area contributed by atoms with E-state index in [4.69, 9.17) is 9.47 Å². The average molecular weight is 583 g/mol. The van der Waals surface area contributed by atoms with Gasteiger partial charge in [0, 0.05) is 18.3 Å². The highest BCUT2D eigenvalue weighted by Crippen LogP contribution is 2.90. The van der Waals surface area contributed by atoms with Crippen molar-refractivity contribution < 1.29 is 29.3 Å². The summed E-state index contributed by atoms with van der Waals surface area (Å²) in [6.07, 6.45) is 12.9. The Bertz CT molecular complexity index is 1130. The van der Waals surface area contributed by atoms with Gasteiger partial charge >= 0.3 is 11.9 Å². The Morgan fingerprint density at radius 3 is 2.29 bits per heavy atom. The van der Waals surface area contributed by atoms with Gasteiger partial charge in [-0.2, -0.15) is 0 Å². The van der Waals surface area contributed by atoms with Gasteiger partial charge in [-0.15, -0.1) is 0 Å². The van der Waals surface area contributed by atoms with Crippen LogP contribution in [0.5, 0.6) is 0 Å². The van der Waals surface area contributed by atoms with E-state index < -0.39 is 0 Å². The SMILES string of the molecule is CC(CCC(=O)OCC(=O)OC1(C)C2CC3CC4CC1C342)C1CCC2C3CCC4CC(O)CCC4(C)C3CC(O)C12C. The molecule has 8 aliphatic carbocycles. The van der Waals surface area contributed by atoms with Gasteiger partial charge in [-0.3, -0.25) is 4.79 Å². The van der Waals surface area contributed by atoms with Gasteiger partial charge in [-0.05, 0) is 148 Å². The molecule has 1 spiro atoms.